The molecule has 1 aliphatic rings. The average Bonchev–Trinajstić information content (AvgIpc) is 2.27. The van der Waals surface area contributed by atoms with E-state index in [0.717, 1.165) is 25.9 Å². The van der Waals surface area contributed by atoms with Gasteiger partial charge < -0.3 is 16.0 Å². The van der Waals surface area contributed by atoms with Crippen LogP contribution in [-0.4, -0.2) is 38.0 Å². The number of carbonyl (C=O) groups excluding carboxylic acids is 2. The summed E-state index contributed by atoms with van der Waals surface area (Å²) in [5, 5.41) is 8.37. The molecule has 1 aliphatic heterocycles. The fraction of sp³-hybridized carbons (Fsp3) is 0.800. The Bertz CT molecular complexity index is 225. The molecule has 0 aliphatic carbocycles. The first kappa shape index (κ1) is 12.0. The second-order valence-electron chi connectivity index (χ2n) is 3.78. The number of hydrogen-bond donors (Lipinski definition) is 3. The van der Waals surface area contributed by atoms with Crippen LogP contribution in [0.25, 0.3) is 0 Å². The lowest BCUT2D eigenvalue weighted by atomic mass is 10.00. The molecule has 86 valence electrons. The molecule has 5 nitrogen and oxygen atoms in total. The lowest BCUT2D eigenvalue weighted by Gasteiger charge is -2.22. The number of amides is 2. The van der Waals surface area contributed by atoms with E-state index in [-0.39, 0.29) is 0 Å². The van der Waals surface area contributed by atoms with E-state index >= 15 is 0 Å². The summed E-state index contributed by atoms with van der Waals surface area (Å²) < 4.78 is 0. The summed E-state index contributed by atoms with van der Waals surface area (Å²) in [5.74, 6) is -0.610. The standard InChI is InChI=1S/C10H19N3O2/c1-2-12-9(14)10(15)13-7-8-4-3-5-11-6-8/h8,11H,2-7H2,1H3,(H,12,14)(H,13,15). The van der Waals surface area contributed by atoms with Gasteiger partial charge in [-0.05, 0) is 38.8 Å². The first-order valence-corrected chi connectivity index (χ1v) is 5.50. The maximum Gasteiger partial charge on any atom is 0.309 e. The van der Waals surface area contributed by atoms with Gasteiger partial charge >= 0.3 is 11.8 Å². The summed E-state index contributed by atoms with van der Waals surface area (Å²) in [6, 6.07) is 0. The molecule has 0 saturated carbocycles. The highest BCUT2D eigenvalue weighted by molar-refractivity contribution is 6.35. The Balaban J connectivity index is 2.17. The van der Waals surface area contributed by atoms with Crippen molar-refractivity contribution in [2.45, 2.75) is 19.8 Å². The number of hydrogen-bond acceptors (Lipinski definition) is 3. The topological polar surface area (TPSA) is 70.2 Å². The van der Waals surface area contributed by atoms with E-state index in [1.54, 1.807) is 6.92 Å². The van der Waals surface area contributed by atoms with Gasteiger partial charge in [0.1, 0.15) is 0 Å². The van der Waals surface area contributed by atoms with Crippen molar-refractivity contribution < 1.29 is 9.59 Å². The molecule has 2 amide bonds. The third kappa shape index (κ3) is 4.29. The minimum atomic E-state index is -0.540. The van der Waals surface area contributed by atoms with Crippen LogP contribution in [-0.2, 0) is 9.59 Å². The van der Waals surface area contributed by atoms with Crippen LogP contribution < -0.4 is 16.0 Å². The van der Waals surface area contributed by atoms with E-state index in [9.17, 15) is 9.59 Å². The molecule has 0 aromatic rings. The fourth-order valence-electron chi connectivity index (χ4n) is 1.66. The molecule has 0 bridgehead atoms. The van der Waals surface area contributed by atoms with E-state index < -0.39 is 11.8 Å². The van der Waals surface area contributed by atoms with Crippen LogP contribution >= 0.6 is 0 Å². The van der Waals surface area contributed by atoms with Crippen LogP contribution in [0.1, 0.15) is 19.8 Å². The first-order valence-electron chi connectivity index (χ1n) is 5.50. The summed E-state index contributed by atoms with van der Waals surface area (Å²) >= 11 is 0. The number of piperidine rings is 1. The van der Waals surface area contributed by atoms with Gasteiger partial charge in [0.25, 0.3) is 0 Å². The maximum atomic E-state index is 11.2. The number of rotatable bonds is 3. The smallest absolute Gasteiger partial charge is 0.309 e. The highest BCUT2D eigenvalue weighted by Gasteiger charge is 2.16. The molecule has 0 aromatic heterocycles. The Morgan fingerprint density at radius 3 is 2.67 bits per heavy atom. The zero-order valence-corrected chi connectivity index (χ0v) is 9.14. The highest BCUT2D eigenvalue weighted by atomic mass is 16.2. The van der Waals surface area contributed by atoms with Crippen LogP contribution in [0, 0.1) is 5.92 Å². The quantitative estimate of drug-likeness (QED) is 0.540. The highest BCUT2D eigenvalue weighted by Crippen LogP contribution is 2.07. The van der Waals surface area contributed by atoms with Crippen LogP contribution in [0.3, 0.4) is 0 Å². The van der Waals surface area contributed by atoms with Gasteiger partial charge in [0.05, 0.1) is 0 Å². The number of carbonyl (C=O) groups is 2. The van der Waals surface area contributed by atoms with Gasteiger partial charge in [0.15, 0.2) is 0 Å². The monoisotopic (exact) mass is 213 g/mol. The first-order chi connectivity index (χ1) is 7.24. The average molecular weight is 213 g/mol. The molecule has 1 rings (SSSR count). The van der Waals surface area contributed by atoms with Crippen LogP contribution in [0.2, 0.25) is 0 Å². The summed E-state index contributed by atoms with van der Waals surface area (Å²) in [5.41, 5.74) is 0. The van der Waals surface area contributed by atoms with E-state index in [2.05, 4.69) is 16.0 Å². The van der Waals surface area contributed by atoms with Crippen molar-refractivity contribution in [3.63, 3.8) is 0 Å². The Morgan fingerprint density at radius 2 is 2.07 bits per heavy atom. The molecule has 1 saturated heterocycles. The van der Waals surface area contributed by atoms with Gasteiger partial charge in [-0.15, -0.1) is 0 Å². The molecule has 1 unspecified atom stereocenters. The van der Waals surface area contributed by atoms with E-state index in [4.69, 9.17) is 0 Å². The lowest BCUT2D eigenvalue weighted by Crippen LogP contribution is -2.44. The van der Waals surface area contributed by atoms with Crippen LogP contribution in [0.4, 0.5) is 0 Å². The molecule has 5 heteroatoms. The SMILES string of the molecule is CCNC(=O)C(=O)NCC1CCCNC1. The largest absolute Gasteiger partial charge is 0.348 e. The second-order valence-corrected chi connectivity index (χ2v) is 3.78. The molecule has 1 atom stereocenters. The molecule has 1 heterocycles. The van der Waals surface area contributed by atoms with Crippen molar-refractivity contribution in [1.82, 2.24) is 16.0 Å². The predicted molar refractivity (Wildman–Crippen MR) is 57.3 cm³/mol. The fourth-order valence-corrected chi connectivity index (χ4v) is 1.66. The number of likely N-dealkylation sites (N-methyl/N-ethyl adjacent to an activating group) is 1. The van der Waals surface area contributed by atoms with Crippen molar-refractivity contribution in [1.29, 1.82) is 0 Å². The molecule has 1 fully saturated rings. The van der Waals surface area contributed by atoms with Crippen molar-refractivity contribution in [2.24, 2.45) is 5.92 Å². The molecule has 0 radical (unpaired) electrons. The Hall–Kier alpha value is -1.10. The normalized spacial score (nSPS) is 20.7. The summed E-state index contributed by atoms with van der Waals surface area (Å²) in [7, 11) is 0. The summed E-state index contributed by atoms with van der Waals surface area (Å²) in [6.45, 7) is 4.84. The molecule has 0 spiro atoms. The van der Waals surface area contributed by atoms with Crippen LogP contribution in [0.15, 0.2) is 0 Å². The Labute approximate surface area is 90.0 Å². The second kappa shape index (κ2) is 6.40. The van der Waals surface area contributed by atoms with Crippen molar-refractivity contribution in [3.8, 4) is 0 Å². The summed E-state index contributed by atoms with van der Waals surface area (Å²) in [6.07, 6.45) is 2.25. The van der Waals surface area contributed by atoms with Gasteiger partial charge in [0, 0.05) is 13.1 Å². The lowest BCUT2D eigenvalue weighted by molar-refractivity contribution is -0.139. The van der Waals surface area contributed by atoms with Gasteiger partial charge in [-0.3, -0.25) is 9.59 Å². The molecule has 0 aromatic carbocycles. The number of nitrogens with one attached hydrogen (secondary N) is 3. The maximum absolute atomic E-state index is 11.2. The summed E-state index contributed by atoms with van der Waals surface area (Å²) in [4.78, 5) is 22.3. The molecule has 3 N–H and O–H groups in total. The van der Waals surface area contributed by atoms with Gasteiger partial charge in [0.2, 0.25) is 0 Å². The predicted octanol–water partition coefficient (Wildman–Crippen LogP) is -0.762. The van der Waals surface area contributed by atoms with E-state index in [0.29, 0.717) is 19.0 Å². The van der Waals surface area contributed by atoms with Gasteiger partial charge in [-0.2, -0.15) is 0 Å². The van der Waals surface area contributed by atoms with Crippen molar-refractivity contribution >= 4 is 11.8 Å². The zero-order valence-electron chi connectivity index (χ0n) is 9.14. The van der Waals surface area contributed by atoms with Crippen molar-refractivity contribution in [2.75, 3.05) is 26.2 Å². The van der Waals surface area contributed by atoms with Gasteiger partial charge in [-0.1, -0.05) is 0 Å². The molecular weight excluding hydrogens is 194 g/mol. The third-order valence-electron chi connectivity index (χ3n) is 2.49. The van der Waals surface area contributed by atoms with E-state index in [1.807, 2.05) is 0 Å². The minimum absolute atomic E-state index is 0.456. The van der Waals surface area contributed by atoms with E-state index in [1.165, 1.54) is 0 Å². The zero-order chi connectivity index (χ0) is 11.1. The van der Waals surface area contributed by atoms with Gasteiger partial charge in [-0.25, -0.2) is 0 Å². The Kier molecular flexibility index (Phi) is 5.10. The third-order valence-corrected chi connectivity index (χ3v) is 2.49. The molecule has 15 heavy (non-hydrogen) atoms. The Morgan fingerprint density at radius 1 is 1.33 bits per heavy atom. The van der Waals surface area contributed by atoms with Crippen LogP contribution in [0.5, 0.6) is 0 Å². The molecular formula is C10H19N3O2. The van der Waals surface area contributed by atoms with Crippen molar-refractivity contribution in [3.05, 3.63) is 0 Å². The minimum Gasteiger partial charge on any atom is -0.348 e.